The molecule has 0 aliphatic carbocycles. The summed E-state index contributed by atoms with van der Waals surface area (Å²) >= 11 is 0. The van der Waals surface area contributed by atoms with E-state index in [1.165, 1.54) is 0 Å². The van der Waals surface area contributed by atoms with E-state index < -0.39 is 11.8 Å². The van der Waals surface area contributed by atoms with E-state index in [-0.39, 0.29) is 0 Å². The first-order valence-corrected chi connectivity index (χ1v) is 7.92. The van der Waals surface area contributed by atoms with E-state index in [0.29, 0.717) is 18.3 Å². The minimum Gasteiger partial charge on any atom is -0.346 e. The van der Waals surface area contributed by atoms with E-state index in [0.717, 1.165) is 37.1 Å². The zero-order valence-corrected chi connectivity index (χ0v) is 13.6. The van der Waals surface area contributed by atoms with Gasteiger partial charge in [0.2, 0.25) is 0 Å². The number of aryl methyl sites for hydroxylation is 1. The Bertz CT molecular complexity index is 557. The molecule has 0 radical (unpaired) electrons. The molecule has 5 heteroatoms. The fourth-order valence-corrected chi connectivity index (χ4v) is 2.90. The number of carbonyl (C=O) groups excluding carboxylic acids is 2. The molecule has 1 aliphatic heterocycles. The highest BCUT2D eigenvalue weighted by molar-refractivity contribution is 6.39. The number of benzene rings is 1. The highest BCUT2D eigenvalue weighted by Gasteiger charge is 2.24. The highest BCUT2D eigenvalue weighted by atomic mass is 16.2. The smallest absolute Gasteiger partial charge is 0.313 e. The van der Waals surface area contributed by atoms with E-state index in [9.17, 15) is 9.59 Å². The Labute approximate surface area is 132 Å². The van der Waals surface area contributed by atoms with Crippen molar-refractivity contribution < 1.29 is 9.59 Å². The maximum atomic E-state index is 12.0. The molecule has 0 spiro atoms. The molecule has 1 atom stereocenters. The van der Waals surface area contributed by atoms with Gasteiger partial charge in [-0.3, -0.25) is 14.5 Å². The number of hydrogen-bond donors (Lipinski definition) is 2. The predicted octanol–water partition coefficient (Wildman–Crippen LogP) is 1.84. The quantitative estimate of drug-likeness (QED) is 0.834. The molecule has 5 nitrogen and oxygen atoms in total. The number of amides is 2. The summed E-state index contributed by atoms with van der Waals surface area (Å²) in [6.45, 7) is 8.62. The van der Waals surface area contributed by atoms with Gasteiger partial charge in [-0.1, -0.05) is 19.1 Å². The molecule has 0 aromatic heterocycles. The predicted molar refractivity (Wildman–Crippen MR) is 87.8 cm³/mol. The molecule has 1 saturated heterocycles. The fraction of sp³-hybridized carbons (Fsp3) is 0.529. The number of nitrogens with one attached hydrogen (secondary N) is 2. The van der Waals surface area contributed by atoms with E-state index in [2.05, 4.69) is 22.5 Å². The third-order valence-electron chi connectivity index (χ3n) is 4.46. The highest BCUT2D eigenvalue weighted by Crippen LogP contribution is 2.18. The van der Waals surface area contributed by atoms with Crippen LogP contribution in [0.1, 0.15) is 30.9 Å². The SMILES string of the molecule is CCN1CCC[C@@H]1CNC(=O)C(=O)Nc1cccc(C)c1C. The molecule has 1 aromatic carbocycles. The van der Waals surface area contributed by atoms with Crippen LogP contribution in [0.4, 0.5) is 5.69 Å². The van der Waals surface area contributed by atoms with Gasteiger partial charge >= 0.3 is 11.8 Å². The van der Waals surface area contributed by atoms with Crippen molar-refractivity contribution in [3.05, 3.63) is 29.3 Å². The van der Waals surface area contributed by atoms with Crippen molar-refractivity contribution in [1.82, 2.24) is 10.2 Å². The lowest BCUT2D eigenvalue weighted by molar-refractivity contribution is -0.136. The third kappa shape index (κ3) is 3.85. The summed E-state index contributed by atoms with van der Waals surface area (Å²) in [5, 5.41) is 5.44. The number of hydrogen-bond acceptors (Lipinski definition) is 3. The Morgan fingerprint density at radius 3 is 2.77 bits per heavy atom. The summed E-state index contributed by atoms with van der Waals surface area (Å²) in [7, 11) is 0. The second-order valence-corrected chi connectivity index (χ2v) is 5.84. The van der Waals surface area contributed by atoms with Crippen LogP contribution in [0, 0.1) is 13.8 Å². The molecule has 1 fully saturated rings. The lowest BCUT2D eigenvalue weighted by Gasteiger charge is -2.22. The van der Waals surface area contributed by atoms with Crippen LogP contribution in [-0.4, -0.2) is 42.4 Å². The first-order chi connectivity index (χ1) is 10.5. The number of likely N-dealkylation sites (N-methyl/N-ethyl adjacent to an activating group) is 1. The normalized spacial score (nSPS) is 18.2. The maximum absolute atomic E-state index is 12.0. The summed E-state index contributed by atoms with van der Waals surface area (Å²) in [6, 6.07) is 6.00. The van der Waals surface area contributed by atoms with Gasteiger partial charge in [0.15, 0.2) is 0 Å². The molecule has 1 aliphatic rings. The Balaban J connectivity index is 1.87. The van der Waals surface area contributed by atoms with Crippen molar-refractivity contribution >= 4 is 17.5 Å². The summed E-state index contributed by atoms with van der Waals surface area (Å²) in [4.78, 5) is 26.3. The standard InChI is InChI=1S/C17H25N3O2/c1-4-20-10-6-8-14(20)11-18-16(21)17(22)19-15-9-5-7-12(2)13(15)3/h5,7,9,14H,4,6,8,10-11H2,1-3H3,(H,18,21)(H,19,22)/t14-/m1/s1. The zero-order valence-electron chi connectivity index (χ0n) is 13.6. The monoisotopic (exact) mass is 303 g/mol. The van der Waals surface area contributed by atoms with Crippen molar-refractivity contribution in [1.29, 1.82) is 0 Å². The molecule has 1 aromatic rings. The first kappa shape index (κ1) is 16.5. The largest absolute Gasteiger partial charge is 0.346 e. The second-order valence-electron chi connectivity index (χ2n) is 5.84. The van der Waals surface area contributed by atoms with Crippen LogP contribution in [0.2, 0.25) is 0 Å². The Morgan fingerprint density at radius 1 is 1.27 bits per heavy atom. The van der Waals surface area contributed by atoms with E-state index >= 15 is 0 Å². The van der Waals surface area contributed by atoms with Gasteiger partial charge in [-0.05, 0) is 57.0 Å². The van der Waals surface area contributed by atoms with Crippen molar-refractivity contribution in [2.24, 2.45) is 0 Å². The van der Waals surface area contributed by atoms with Gasteiger partial charge in [0.25, 0.3) is 0 Å². The average molecular weight is 303 g/mol. The molecule has 2 rings (SSSR count). The van der Waals surface area contributed by atoms with E-state index in [4.69, 9.17) is 0 Å². The second kappa shape index (κ2) is 7.40. The van der Waals surface area contributed by atoms with Gasteiger partial charge in [0.1, 0.15) is 0 Å². The van der Waals surface area contributed by atoms with Gasteiger partial charge in [0, 0.05) is 18.3 Å². The van der Waals surface area contributed by atoms with Crippen molar-refractivity contribution in [3.63, 3.8) is 0 Å². The molecule has 22 heavy (non-hydrogen) atoms. The Hall–Kier alpha value is -1.88. The van der Waals surface area contributed by atoms with Crippen LogP contribution in [0.25, 0.3) is 0 Å². The van der Waals surface area contributed by atoms with Crippen LogP contribution in [0.15, 0.2) is 18.2 Å². The van der Waals surface area contributed by atoms with Crippen LogP contribution in [0.5, 0.6) is 0 Å². The minimum atomic E-state index is -0.602. The molecule has 1 heterocycles. The Kier molecular flexibility index (Phi) is 5.55. The third-order valence-corrected chi connectivity index (χ3v) is 4.46. The molecule has 0 saturated carbocycles. The summed E-state index contributed by atoms with van der Waals surface area (Å²) in [5.74, 6) is -1.17. The topological polar surface area (TPSA) is 61.4 Å². The molecular weight excluding hydrogens is 278 g/mol. The van der Waals surface area contributed by atoms with Crippen molar-refractivity contribution in [2.45, 2.75) is 39.7 Å². The number of likely N-dealkylation sites (tertiary alicyclic amines) is 1. The minimum absolute atomic E-state index is 0.349. The molecular formula is C17H25N3O2. The van der Waals surface area contributed by atoms with Gasteiger partial charge < -0.3 is 10.6 Å². The lowest BCUT2D eigenvalue weighted by Crippen LogP contribution is -2.43. The lowest BCUT2D eigenvalue weighted by atomic mass is 10.1. The molecule has 2 amide bonds. The average Bonchev–Trinajstić information content (AvgIpc) is 2.96. The van der Waals surface area contributed by atoms with Crippen LogP contribution in [0.3, 0.4) is 0 Å². The van der Waals surface area contributed by atoms with Gasteiger partial charge in [0.05, 0.1) is 0 Å². The number of anilines is 1. The summed E-state index contributed by atoms with van der Waals surface area (Å²) in [5.41, 5.74) is 2.76. The van der Waals surface area contributed by atoms with E-state index in [1.807, 2.05) is 32.0 Å². The molecule has 0 bridgehead atoms. The maximum Gasteiger partial charge on any atom is 0.313 e. The fourth-order valence-electron chi connectivity index (χ4n) is 2.90. The molecule has 2 N–H and O–H groups in total. The summed E-state index contributed by atoms with van der Waals surface area (Å²) in [6.07, 6.45) is 2.23. The van der Waals surface area contributed by atoms with Gasteiger partial charge in [-0.2, -0.15) is 0 Å². The molecule has 0 unspecified atom stereocenters. The molecule has 120 valence electrons. The van der Waals surface area contributed by atoms with Gasteiger partial charge in [-0.25, -0.2) is 0 Å². The zero-order chi connectivity index (χ0) is 16.1. The number of rotatable bonds is 4. The van der Waals surface area contributed by atoms with Crippen molar-refractivity contribution in [2.75, 3.05) is 25.0 Å². The number of nitrogens with zero attached hydrogens (tertiary/aromatic N) is 1. The Morgan fingerprint density at radius 2 is 2.05 bits per heavy atom. The number of carbonyl (C=O) groups is 2. The van der Waals surface area contributed by atoms with Crippen molar-refractivity contribution in [3.8, 4) is 0 Å². The van der Waals surface area contributed by atoms with Crippen LogP contribution in [-0.2, 0) is 9.59 Å². The van der Waals surface area contributed by atoms with Crippen LogP contribution >= 0.6 is 0 Å². The van der Waals surface area contributed by atoms with E-state index in [1.54, 1.807) is 0 Å². The first-order valence-electron chi connectivity index (χ1n) is 7.92. The van der Waals surface area contributed by atoms with Gasteiger partial charge in [-0.15, -0.1) is 0 Å². The summed E-state index contributed by atoms with van der Waals surface area (Å²) < 4.78 is 0. The van der Waals surface area contributed by atoms with Crippen LogP contribution < -0.4 is 10.6 Å².